The molecule has 1 fully saturated rings. The molecule has 1 rings (SSSR count). The lowest BCUT2D eigenvalue weighted by molar-refractivity contribution is 0.0320. The molecule has 0 aromatic heterocycles. The van der Waals surface area contributed by atoms with Gasteiger partial charge in [-0.3, -0.25) is 5.32 Å². The van der Waals surface area contributed by atoms with Crippen molar-refractivity contribution in [3.05, 3.63) is 0 Å². The number of nitrogens with one attached hydrogen (secondary N) is 2. The van der Waals surface area contributed by atoms with Gasteiger partial charge in [0.15, 0.2) is 0 Å². The summed E-state index contributed by atoms with van der Waals surface area (Å²) in [5.41, 5.74) is -0.459. The van der Waals surface area contributed by atoms with Crippen molar-refractivity contribution in [1.82, 2.24) is 10.6 Å². The van der Waals surface area contributed by atoms with Crippen molar-refractivity contribution in [1.29, 1.82) is 0 Å². The van der Waals surface area contributed by atoms with Gasteiger partial charge in [-0.1, -0.05) is 0 Å². The molecule has 0 spiro atoms. The first-order valence-electron chi connectivity index (χ1n) is 4.78. The fraction of sp³-hybridized carbons (Fsp3) is 0.889. The van der Waals surface area contributed by atoms with Gasteiger partial charge >= 0.3 is 6.09 Å². The standard InChI is InChI=1S/C9H18N2O3/c1-9(2,3)14-8(12)11-7-6-13-5-4-10-7/h7,10H,4-6H2,1-3H3,(H,11,12). The molecule has 1 aliphatic heterocycles. The van der Waals surface area contributed by atoms with Crippen LogP contribution in [0.15, 0.2) is 0 Å². The molecule has 14 heavy (non-hydrogen) atoms. The number of carbonyl (C=O) groups excluding carboxylic acids is 1. The number of carbonyl (C=O) groups is 1. The molecule has 0 aliphatic carbocycles. The van der Waals surface area contributed by atoms with Crippen LogP contribution >= 0.6 is 0 Å². The van der Waals surface area contributed by atoms with Crippen LogP contribution in [0.3, 0.4) is 0 Å². The molecule has 0 aromatic carbocycles. The van der Waals surface area contributed by atoms with E-state index in [2.05, 4.69) is 10.6 Å². The van der Waals surface area contributed by atoms with E-state index < -0.39 is 11.7 Å². The fourth-order valence-corrected chi connectivity index (χ4v) is 1.11. The molecule has 2 N–H and O–H groups in total. The second-order valence-electron chi connectivity index (χ2n) is 4.23. The molecular weight excluding hydrogens is 184 g/mol. The first-order chi connectivity index (χ1) is 6.47. The van der Waals surface area contributed by atoms with Crippen molar-refractivity contribution in [2.24, 2.45) is 0 Å². The fourth-order valence-electron chi connectivity index (χ4n) is 1.11. The summed E-state index contributed by atoms with van der Waals surface area (Å²) in [5.74, 6) is 0. The Morgan fingerprint density at radius 1 is 1.57 bits per heavy atom. The average Bonchev–Trinajstić information content (AvgIpc) is 2.02. The Morgan fingerprint density at radius 3 is 2.79 bits per heavy atom. The number of hydrogen-bond donors (Lipinski definition) is 2. The molecule has 5 heteroatoms. The Hall–Kier alpha value is -0.810. The van der Waals surface area contributed by atoms with Crippen molar-refractivity contribution in [2.45, 2.75) is 32.5 Å². The maximum atomic E-state index is 11.3. The summed E-state index contributed by atoms with van der Waals surface area (Å²) in [6.07, 6.45) is -0.556. The Balaban J connectivity index is 2.25. The molecule has 5 nitrogen and oxygen atoms in total. The van der Waals surface area contributed by atoms with E-state index in [-0.39, 0.29) is 6.17 Å². The van der Waals surface area contributed by atoms with Gasteiger partial charge in [-0.25, -0.2) is 4.79 Å². The van der Waals surface area contributed by atoms with Crippen LogP contribution in [-0.4, -0.2) is 37.6 Å². The summed E-state index contributed by atoms with van der Waals surface area (Å²) in [6, 6.07) is 0. The summed E-state index contributed by atoms with van der Waals surface area (Å²) in [7, 11) is 0. The van der Waals surface area contributed by atoms with Crippen LogP contribution in [0.1, 0.15) is 20.8 Å². The zero-order valence-corrected chi connectivity index (χ0v) is 8.92. The highest BCUT2D eigenvalue weighted by Crippen LogP contribution is 2.06. The third-order valence-electron chi connectivity index (χ3n) is 1.61. The van der Waals surface area contributed by atoms with Gasteiger partial charge in [0.25, 0.3) is 0 Å². The van der Waals surface area contributed by atoms with Crippen LogP contribution in [0.2, 0.25) is 0 Å². The lowest BCUT2D eigenvalue weighted by Gasteiger charge is -2.26. The van der Waals surface area contributed by atoms with Crippen molar-refractivity contribution < 1.29 is 14.3 Å². The summed E-state index contributed by atoms with van der Waals surface area (Å²) >= 11 is 0. The van der Waals surface area contributed by atoms with Gasteiger partial charge < -0.3 is 14.8 Å². The zero-order chi connectivity index (χ0) is 10.6. The number of alkyl carbamates (subject to hydrolysis) is 1. The topological polar surface area (TPSA) is 59.6 Å². The Labute approximate surface area is 84.1 Å². The Kier molecular flexibility index (Phi) is 3.71. The molecule has 82 valence electrons. The number of amides is 1. The number of ether oxygens (including phenoxy) is 2. The molecule has 0 saturated carbocycles. The van der Waals surface area contributed by atoms with Gasteiger partial charge in [0, 0.05) is 6.54 Å². The molecule has 1 unspecified atom stereocenters. The van der Waals surface area contributed by atoms with Crippen molar-refractivity contribution in [2.75, 3.05) is 19.8 Å². The number of morpholine rings is 1. The minimum absolute atomic E-state index is 0.140. The van der Waals surface area contributed by atoms with E-state index in [0.29, 0.717) is 13.2 Å². The van der Waals surface area contributed by atoms with Gasteiger partial charge in [0.2, 0.25) is 0 Å². The van der Waals surface area contributed by atoms with Crippen molar-refractivity contribution in [3.63, 3.8) is 0 Å². The second-order valence-corrected chi connectivity index (χ2v) is 4.23. The van der Waals surface area contributed by atoms with E-state index >= 15 is 0 Å². The minimum Gasteiger partial charge on any atom is -0.444 e. The van der Waals surface area contributed by atoms with E-state index in [0.717, 1.165) is 6.54 Å². The van der Waals surface area contributed by atoms with E-state index in [1.807, 2.05) is 20.8 Å². The highest BCUT2D eigenvalue weighted by molar-refractivity contribution is 5.68. The lowest BCUT2D eigenvalue weighted by atomic mass is 10.2. The third kappa shape index (κ3) is 4.43. The molecule has 0 radical (unpaired) electrons. The molecule has 1 saturated heterocycles. The van der Waals surface area contributed by atoms with Crippen LogP contribution in [0.5, 0.6) is 0 Å². The van der Waals surface area contributed by atoms with Gasteiger partial charge in [0.05, 0.1) is 13.2 Å². The van der Waals surface area contributed by atoms with E-state index in [9.17, 15) is 4.79 Å². The van der Waals surface area contributed by atoms with Crippen LogP contribution in [0.4, 0.5) is 4.79 Å². The average molecular weight is 202 g/mol. The molecule has 0 bridgehead atoms. The predicted molar refractivity (Wildman–Crippen MR) is 52.0 cm³/mol. The van der Waals surface area contributed by atoms with Crippen LogP contribution in [0.25, 0.3) is 0 Å². The minimum atomic E-state index is -0.459. The highest BCUT2D eigenvalue weighted by atomic mass is 16.6. The molecule has 1 amide bonds. The SMILES string of the molecule is CC(C)(C)OC(=O)NC1COCCN1. The summed E-state index contributed by atoms with van der Waals surface area (Å²) in [4.78, 5) is 11.3. The smallest absolute Gasteiger partial charge is 0.408 e. The van der Waals surface area contributed by atoms with Crippen LogP contribution in [0, 0.1) is 0 Å². The quantitative estimate of drug-likeness (QED) is 0.648. The molecular formula is C9H18N2O3. The normalized spacial score (nSPS) is 22.9. The van der Waals surface area contributed by atoms with Gasteiger partial charge in [0.1, 0.15) is 11.8 Å². The highest BCUT2D eigenvalue weighted by Gasteiger charge is 2.20. The molecule has 1 heterocycles. The molecule has 0 aromatic rings. The van der Waals surface area contributed by atoms with Crippen LogP contribution in [-0.2, 0) is 9.47 Å². The molecule has 1 atom stereocenters. The van der Waals surface area contributed by atoms with Gasteiger partial charge in [-0.05, 0) is 20.8 Å². The monoisotopic (exact) mass is 202 g/mol. The Bertz CT molecular complexity index is 195. The molecule has 1 aliphatic rings. The van der Waals surface area contributed by atoms with Gasteiger partial charge in [-0.15, -0.1) is 0 Å². The maximum absolute atomic E-state index is 11.3. The van der Waals surface area contributed by atoms with E-state index in [4.69, 9.17) is 9.47 Å². The second kappa shape index (κ2) is 4.61. The largest absolute Gasteiger partial charge is 0.444 e. The summed E-state index contributed by atoms with van der Waals surface area (Å²) in [5, 5.41) is 5.78. The third-order valence-corrected chi connectivity index (χ3v) is 1.61. The first kappa shape index (κ1) is 11.3. The maximum Gasteiger partial charge on any atom is 0.408 e. The summed E-state index contributed by atoms with van der Waals surface area (Å²) < 4.78 is 10.3. The lowest BCUT2D eigenvalue weighted by Crippen LogP contribution is -2.53. The zero-order valence-electron chi connectivity index (χ0n) is 8.92. The number of rotatable bonds is 1. The van der Waals surface area contributed by atoms with Crippen molar-refractivity contribution in [3.8, 4) is 0 Å². The predicted octanol–water partition coefficient (Wildman–Crippen LogP) is 0.457. The number of hydrogen-bond acceptors (Lipinski definition) is 4. The first-order valence-corrected chi connectivity index (χ1v) is 4.78. The van der Waals surface area contributed by atoms with E-state index in [1.54, 1.807) is 0 Å². The Morgan fingerprint density at radius 2 is 2.29 bits per heavy atom. The summed E-state index contributed by atoms with van der Waals surface area (Å²) in [6.45, 7) is 7.42. The van der Waals surface area contributed by atoms with Crippen LogP contribution < -0.4 is 10.6 Å². The van der Waals surface area contributed by atoms with Crippen molar-refractivity contribution >= 4 is 6.09 Å². The van der Waals surface area contributed by atoms with E-state index in [1.165, 1.54) is 0 Å². The van der Waals surface area contributed by atoms with Gasteiger partial charge in [-0.2, -0.15) is 0 Å².